The number of nitrogens with zero attached hydrogens (tertiary/aromatic N) is 2. The Morgan fingerprint density at radius 3 is 2.49 bits per heavy atom. The van der Waals surface area contributed by atoms with E-state index in [1.165, 1.54) is 16.8 Å². The molecule has 1 atom stereocenters. The highest BCUT2D eigenvalue weighted by atomic mass is 16.5. The van der Waals surface area contributed by atoms with Crippen LogP contribution in [0.15, 0.2) is 47.7 Å². The Kier molecular flexibility index (Phi) is 7.45. The summed E-state index contributed by atoms with van der Waals surface area (Å²) in [4.78, 5) is 30.5. The Bertz CT molecular complexity index is 1150. The van der Waals surface area contributed by atoms with Crippen LogP contribution in [0.2, 0.25) is 0 Å². The van der Waals surface area contributed by atoms with E-state index in [4.69, 9.17) is 4.74 Å². The number of amides is 2. The maximum atomic E-state index is 13.1. The zero-order valence-electron chi connectivity index (χ0n) is 21.4. The van der Waals surface area contributed by atoms with Crippen LogP contribution in [0.1, 0.15) is 40.8 Å². The van der Waals surface area contributed by atoms with Gasteiger partial charge in [0.25, 0.3) is 0 Å². The predicted molar refractivity (Wildman–Crippen MR) is 139 cm³/mol. The molecule has 0 radical (unpaired) electrons. The van der Waals surface area contributed by atoms with Crippen molar-refractivity contribution in [2.24, 2.45) is 0 Å². The third-order valence-electron chi connectivity index (χ3n) is 7.07. The summed E-state index contributed by atoms with van der Waals surface area (Å²) in [5, 5.41) is 5.88. The summed E-state index contributed by atoms with van der Waals surface area (Å²) >= 11 is 0. The summed E-state index contributed by atoms with van der Waals surface area (Å²) in [7, 11) is 0. The first kappa shape index (κ1) is 24.8. The maximum Gasteiger partial charge on any atom is 0.338 e. The number of ether oxygens (including phenoxy) is 1. The van der Waals surface area contributed by atoms with E-state index in [9.17, 15) is 9.59 Å². The quantitative estimate of drug-likeness (QED) is 0.619. The average Bonchev–Trinajstić information content (AvgIpc) is 2.83. The van der Waals surface area contributed by atoms with E-state index in [1.807, 2.05) is 32.0 Å². The zero-order valence-corrected chi connectivity index (χ0v) is 21.4. The second-order valence-corrected chi connectivity index (χ2v) is 9.49. The number of esters is 1. The molecule has 2 aliphatic heterocycles. The van der Waals surface area contributed by atoms with Crippen molar-refractivity contribution in [2.75, 3.05) is 44.2 Å². The SMILES string of the molecule is CCOC(=O)C1=C(CN2CCN(c3cccc(C)c3C)CC2)NC(=O)N[C@@H]1c1cc(C)ccc1C. The molecular weight excluding hydrogens is 440 g/mol. The summed E-state index contributed by atoms with van der Waals surface area (Å²) in [5.41, 5.74) is 8.01. The Morgan fingerprint density at radius 1 is 1.03 bits per heavy atom. The molecular formula is C28H36N4O3. The van der Waals surface area contributed by atoms with Crippen LogP contribution < -0.4 is 15.5 Å². The first-order chi connectivity index (χ1) is 16.8. The normalized spacial score (nSPS) is 18.8. The molecule has 2 aromatic carbocycles. The molecule has 2 aliphatic rings. The molecule has 4 rings (SSSR count). The summed E-state index contributed by atoms with van der Waals surface area (Å²) in [5.74, 6) is -0.394. The highest BCUT2D eigenvalue weighted by Gasteiger charge is 2.35. The standard InChI is InChI=1S/C28H36N4O3/c1-6-35-27(33)25-23(29-28(34)30-26(25)22-16-18(2)10-11-20(22)4)17-31-12-14-32(15-13-31)24-9-7-8-19(3)21(24)5/h7-11,16,26H,6,12-15,17H2,1-5H3,(H2,29,30,34)/t26-/m1/s1. The monoisotopic (exact) mass is 476 g/mol. The highest BCUT2D eigenvalue weighted by molar-refractivity contribution is 5.95. The van der Waals surface area contributed by atoms with Crippen molar-refractivity contribution in [3.63, 3.8) is 0 Å². The molecule has 1 fully saturated rings. The van der Waals surface area contributed by atoms with Gasteiger partial charge in [0.05, 0.1) is 18.2 Å². The lowest BCUT2D eigenvalue weighted by atomic mass is 9.91. The molecule has 186 valence electrons. The minimum Gasteiger partial charge on any atom is -0.463 e. The molecule has 0 bridgehead atoms. The van der Waals surface area contributed by atoms with E-state index < -0.39 is 12.0 Å². The van der Waals surface area contributed by atoms with Gasteiger partial charge in [-0.15, -0.1) is 0 Å². The fourth-order valence-electron chi connectivity index (χ4n) is 4.95. The number of aryl methyl sites for hydroxylation is 3. The number of nitrogens with one attached hydrogen (secondary N) is 2. The van der Waals surface area contributed by atoms with Crippen LogP contribution >= 0.6 is 0 Å². The van der Waals surface area contributed by atoms with Gasteiger partial charge in [0.2, 0.25) is 0 Å². The van der Waals surface area contributed by atoms with Crippen molar-refractivity contribution in [2.45, 2.75) is 40.7 Å². The van der Waals surface area contributed by atoms with Gasteiger partial charge in [-0.3, -0.25) is 4.90 Å². The van der Waals surface area contributed by atoms with Gasteiger partial charge in [-0.05, 0) is 62.9 Å². The lowest BCUT2D eigenvalue weighted by Crippen LogP contribution is -2.52. The Labute approximate surface area is 208 Å². The highest BCUT2D eigenvalue weighted by Crippen LogP contribution is 2.31. The molecule has 2 amide bonds. The second kappa shape index (κ2) is 10.5. The van der Waals surface area contributed by atoms with Crippen LogP contribution in [0.3, 0.4) is 0 Å². The van der Waals surface area contributed by atoms with Gasteiger partial charge < -0.3 is 20.3 Å². The van der Waals surface area contributed by atoms with E-state index in [1.54, 1.807) is 6.92 Å². The van der Waals surface area contributed by atoms with Crippen LogP contribution in [0.4, 0.5) is 10.5 Å². The van der Waals surface area contributed by atoms with Crippen LogP contribution in [0.25, 0.3) is 0 Å². The summed E-state index contributed by atoms with van der Waals surface area (Å²) in [6.45, 7) is 14.3. The number of anilines is 1. The first-order valence-electron chi connectivity index (χ1n) is 12.4. The fraction of sp³-hybridized carbons (Fsp3) is 0.429. The summed E-state index contributed by atoms with van der Waals surface area (Å²) < 4.78 is 5.44. The summed E-state index contributed by atoms with van der Waals surface area (Å²) in [6, 6.07) is 11.7. The second-order valence-electron chi connectivity index (χ2n) is 9.49. The van der Waals surface area contributed by atoms with Crippen molar-refractivity contribution in [1.29, 1.82) is 0 Å². The number of piperazine rings is 1. The number of carbonyl (C=O) groups is 2. The van der Waals surface area contributed by atoms with E-state index in [0.717, 1.165) is 42.9 Å². The molecule has 0 aromatic heterocycles. The van der Waals surface area contributed by atoms with Crippen molar-refractivity contribution in [3.05, 3.63) is 75.5 Å². The molecule has 35 heavy (non-hydrogen) atoms. The molecule has 2 N–H and O–H groups in total. The topological polar surface area (TPSA) is 73.9 Å². The molecule has 7 nitrogen and oxygen atoms in total. The number of benzene rings is 2. The number of carbonyl (C=O) groups excluding carboxylic acids is 2. The number of urea groups is 1. The molecule has 1 saturated heterocycles. The van der Waals surface area contributed by atoms with E-state index in [0.29, 0.717) is 17.8 Å². The number of hydrogen-bond donors (Lipinski definition) is 2. The lowest BCUT2D eigenvalue weighted by molar-refractivity contribution is -0.139. The molecule has 0 spiro atoms. The van der Waals surface area contributed by atoms with Crippen molar-refractivity contribution >= 4 is 17.7 Å². The Morgan fingerprint density at radius 2 is 1.77 bits per heavy atom. The zero-order chi connectivity index (χ0) is 25.1. The average molecular weight is 477 g/mol. The van der Waals surface area contributed by atoms with Gasteiger partial charge in [-0.1, -0.05) is 35.9 Å². The van der Waals surface area contributed by atoms with Crippen LogP contribution in [-0.2, 0) is 9.53 Å². The molecule has 0 unspecified atom stereocenters. The van der Waals surface area contributed by atoms with Crippen molar-refractivity contribution < 1.29 is 14.3 Å². The minimum atomic E-state index is -0.547. The third kappa shape index (κ3) is 5.35. The van der Waals surface area contributed by atoms with Gasteiger partial charge in [0, 0.05) is 44.1 Å². The van der Waals surface area contributed by atoms with E-state index in [2.05, 4.69) is 52.5 Å². The number of rotatable bonds is 6. The van der Waals surface area contributed by atoms with Crippen LogP contribution in [-0.4, -0.2) is 56.2 Å². The first-order valence-corrected chi connectivity index (χ1v) is 12.4. The smallest absolute Gasteiger partial charge is 0.338 e. The van der Waals surface area contributed by atoms with Crippen LogP contribution in [0, 0.1) is 27.7 Å². The van der Waals surface area contributed by atoms with Crippen molar-refractivity contribution in [1.82, 2.24) is 15.5 Å². The molecule has 2 aromatic rings. The predicted octanol–water partition coefficient (Wildman–Crippen LogP) is 3.91. The van der Waals surface area contributed by atoms with E-state index >= 15 is 0 Å². The molecule has 2 heterocycles. The fourth-order valence-corrected chi connectivity index (χ4v) is 4.95. The van der Waals surface area contributed by atoms with Gasteiger partial charge in [0.1, 0.15) is 0 Å². The lowest BCUT2D eigenvalue weighted by Gasteiger charge is -2.38. The minimum absolute atomic E-state index is 0.275. The van der Waals surface area contributed by atoms with Crippen LogP contribution in [0.5, 0.6) is 0 Å². The Hall–Kier alpha value is -3.32. The largest absolute Gasteiger partial charge is 0.463 e. The molecule has 7 heteroatoms. The van der Waals surface area contributed by atoms with E-state index in [-0.39, 0.29) is 12.6 Å². The van der Waals surface area contributed by atoms with Gasteiger partial charge in [-0.25, -0.2) is 9.59 Å². The summed E-state index contributed by atoms with van der Waals surface area (Å²) in [6.07, 6.45) is 0. The Balaban J connectivity index is 1.59. The molecule has 0 saturated carbocycles. The maximum absolute atomic E-state index is 13.1. The number of hydrogen-bond acceptors (Lipinski definition) is 5. The van der Waals surface area contributed by atoms with Crippen molar-refractivity contribution in [3.8, 4) is 0 Å². The van der Waals surface area contributed by atoms with Gasteiger partial charge in [0.15, 0.2) is 0 Å². The van der Waals surface area contributed by atoms with Gasteiger partial charge in [-0.2, -0.15) is 0 Å². The van der Waals surface area contributed by atoms with Gasteiger partial charge >= 0.3 is 12.0 Å². The third-order valence-corrected chi connectivity index (χ3v) is 7.07. The molecule has 0 aliphatic carbocycles.